The first kappa shape index (κ1) is 7.50. The molecule has 2 rings (SSSR count). The average Bonchev–Trinajstić information content (AvgIpc) is 2.04. The van der Waals surface area contributed by atoms with Crippen LogP contribution in [0.2, 0.25) is 0 Å². The molecule has 0 saturated heterocycles. The van der Waals surface area contributed by atoms with Gasteiger partial charge in [0.05, 0.1) is 12.1 Å². The fourth-order valence-electron chi connectivity index (χ4n) is 1.20. The third-order valence-corrected chi connectivity index (χ3v) is 1.97. The summed E-state index contributed by atoms with van der Waals surface area (Å²) in [5.41, 5.74) is 1.35. The van der Waals surface area contributed by atoms with E-state index in [9.17, 15) is 4.79 Å². The SMILES string of the molecule is O=C1CC(Cl)=Nc2ccccc21. The van der Waals surface area contributed by atoms with Crippen molar-refractivity contribution in [1.29, 1.82) is 0 Å². The smallest absolute Gasteiger partial charge is 0.171 e. The molecule has 3 heteroatoms. The van der Waals surface area contributed by atoms with Gasteiger partial charge in [0.2, 0.25) is 0 Å². The molecule has 0 fully saturated rings. The third-order valence-electron chi connectivity index (χ3n) is 1.75. The van der Waals surface area contributed by atoms with Crippen LogP contribution in [0.15, 0.2) is 29.3 Å². The van der Waals surface area contributed by atoms with Gasteiger partial charge in [-0.2, -0.15) is 0 Å². The minimum atomic E-state index is 0.0469. The van der Waals surface area contributed by atoms with Crippen molar-refractivity contribution in [2.45, 2.75) is 6.42 Å². The van der Waals surface area contributed by atoms with E-state index >= 15 is 0 Å². The zero-order valence-corrected chi connectivity index (χ0v) is 7.01. The van der Waals surface area contributed by atoms with Gasteiger partial charge in [-0.05, 0) is 12.1 Å². The predicted octanol–water partition coefficient (Wildman–Crippen LogP) is 2.54. The monoisotopic (exact) mass is 179 g/mol. The summed E-state index contributed by atoms with van der Waals surface area (Å²) in [5.74, 6) is 0.0469. The molecular formula is C9H6ClNO. The molecule has 0 aromatic heterocycles. The van der Waals surface area contributed by atoms with Crippen molar-refractivity contribution in [2.75, 3.05) is 0 Å². The Kier molecular flexibility index (Phi) is 1.70. The minimum absolute atomic E-state index is 0.0469. The van der Waals surface area contributed by atoms with Gasteiger partial charge in [-0.15, -0.1) is 0 Å². The maximum atomic E-state index is 11.3. The number of hydrogen-bond donors (Lipinski definition) is 0. The van der Waals surface area contributed by atoms with Gasteiger partial charge in [0.1, 0.15) is 5.17 Å². The predicted molar refractivity (Wildman–Crippen MR) is 48.3 cm³/mol. The van der Waals surface area contributed by atoms with Gasteiger partial charge >= 0.3 is 0 Å². The lowest BCUT2D eigenvalue weighted by molar-refractivity contribution is 0.100. The molecule has 12 heavy (non-hydrogen) atoms. The van der Waals surface area contributed by atoms with E-state index < -0.39 is 0 Å². The molecule has 0 N–H and O–H groups in total. The number of carbonyl (C=O) groups is 1. The van der Waals surface area contributed by atoms with Crippen LogP contribution in [-0.2, 0) is 0 Å². The van der Waals surface area contributed by atoms with Crippen LogP contribution in [0.4, 0.5) is 5.69 Å². The standard InChI is InChI=1S/C9H6ClNO/c10-9-5-8(12)6-3-1-2-4-7(6)11-9/h1-4H,5H2. The van der Waals surface area contributed by atoms with E-state index in [0.717, 1.165) is 0 Å². The Morgan fingerprint density at radius 2 is 2.08 bits per heavy atom. The number of para-hydroxylation sites is 1. The number of hydrogen-bond acceptors (Lipinski definition) is 2. The Hall–Kier alpha value is -1.15. The van der Waals surface area contributed by atoms with Gasteiger partial charge < -0.3 is 0 Å². The highest BCUT2D eigenvalue weighted by Crippen LogP contribution is 2.25. The quantitative estimate of drug-likeness (QED) is 0.602. The minimum Gasteiger partial charge on any atom is -0.294 e. The molecule has 1 aromatic rings. The van der Waals surface area contributed by atoms with Gasteiger partial charge in [0.15, 0.2) is 5.78 Å². The van der Waals surface area contributed by atoms with Gasteiger partial charge in [-0.25, -0.2) is 4.99 Å². The second-order valence-corrected chi connectivity index (χ2v) is 3.04. The molecule has 0 aliphatic carbocycles. The van der Waals surface area contributed by atoms with Crippen molar-refractivity contribution in [3.05, 3.63) is 29.8 Å². The van der Waals surface area contributed by atoms with Crippen LogP contribution in [0.3, 0.4) is 0 Å². The Bertz CT molecular complexity index is 371. The first-order chi connectivity index (χ1) is 5.77. The summed E-state index contributed by atoms with van der Waals surface area (Å²) in [5, 5.41) is 0.374. The Labute approximate surface area is 74.9 Å². The maximum Gasteiger partial charge on any atom is 0.171 e. The van der Waals surface area contributed by atoms with E-state index in [4.69, 9.17) is 11.6 Å². The third kappa shape index (κ3) is 1.14. The van der Waals surface area contributed by atoms with Gasteiger partial charge in [-0.1, -0.05) is 23.7 Å². The topological polar surface area (TPSA) is 29.4 Å². The highest BCUT2D eigenvalue weighted by molar-refractivity contribution is 6.67. The fourth-order valence-corrected chi connectivity index (χ4v) is 1.42. The summed E-state index contributed by atoms with van der Waals surface area (Å²) in [4.78, 5) is 15.4. The second kappa shape index (κ2) is 2.72. The first-order valence-corrected chi connectivity index (χ1v) is 4.00. The first-order valence-electron chi connectivity index (χ1n) is 3.62. The number of halogens is 1. The van der Waals surface area contributed by atoms with Gasteiger partial charge in [-0.3, -0.25) is 4.79 Å². The van der Waals surface area contributed by atoms with E-state index in [1.54, 1.807) is 12.1 Å². The van der Waals surface area contributed by atoms with Crippen molar-refractivity contribution in [2.24, 2.45) is 4.99 Å². The molecule has 0 unspecified atom stereocenters. The average molecular weight is 180 g/mol. The zero-order valence-electron chi connectivity index (χ0n) is 6.25. The van der Waals surface area contributed by atoms with Crippen LogP contribution in [-0.4, -0.2) is 11.0 Å². The molecular weight excluding hydrogens is 174 g/mol. The molecule has 0 spiro atoms. The van der Waals surface area contributed by atoms with Gasteiger partial charge in [0, 0.05) is 5.56 Å². The molecule has 0 saturated carbocycles. The van der Waals surface area contributed by atoms with Crippen LogP contribution >= 0.6 is 11.6 Å². The number of benzene rings is 1. The van der Waals surface area contributed by atoms with Crippen LogP contribution < -0.4 is 0 Å². The van der Waals surface area contributed by atoms with Crippen molar-refractivity contribution in [3.8, 4) is 0 Å². The van der Waals surface area contributed by atoms with Gasteiger partial charge in [0.25, 0.3) is 0 Å². The molecule has 0 atom stereocenters. The molecule has 0 bridgehead atoms. The molecule has 1 aliphatic rings. The molecule has 60 valence electrons. The number of fused-ring (bicyclic) bond motifs is 1. The second-order valence-electron chi connectivity index (χ2n) is 2.61. The van der Waals surface area contributed by atoms with Crippen molar-refractivity contribution in [3.63, 3.8) is 0 Å². The lowest BCUT2D eigenvalue weighted by atomic mass is 10.0. The van der Waals surface area contributed by atoms with E-state index in [1.807, 2.05) is 12.1 Å². The Morgan fingerprint density at radius 3 is 2.92 bits per heavy atom. The highest BCUT2D eigenvalue weighted by Gasteiger charge is 2.17. The number of rotatable bonds is 0. The molecule has 0 radical (unpaired) electrons. The fraction of sp³-hybridized carbons (Fsp3) is 0.111. The zero-order chi connectivity index (χ0) is 8.55. The molecule has 0 amide bonds. The number of Topliss-reactive ketones (excluding diaryl/α,β-unsaturated/α-hetero) is 1. The van der Waals surface area contributed by atoms with Crippen molar-refractivity contribution < 1.29 is 4.79 Å². The molecule has 1 heterocycles. The number of aliphatic imine (C=N–C) groups is 1. The summed E-state index contributed by atoms with van der Waals surface area (Å²) in [6.07, 6.45) is 0.235. The van der Waals surface area contributed by atoms with Crippen molar-refractivity contribution in [1.82, 2.24) is 0 Å². The largest absolute Gasteiger partial charge is 0.294 e. The molecule has 1 aliphatic heterocycles. The molecule has 1 aromatic carbocycles. The summed E-state index contributed by atoms with van der Waals surface area (Å²) in [6, 6.07) is 7.22. The Balaban J connectivity index is 2.62. The van der Waals surface area contributed by atoms with Crippen LogP contribution in [0.25, 0.3) is 0 Å². The summed E-state index contributed by atoms with van der Waals surface area (Å²) in [6.45, 7) is 0. The summed E-state index contributed by atoms with van der Waals surface area (Å²) >= 11 is 5.67. The van der Waals surface area contributed by atoms with E-state index in [-0.39, 0.29) is 12.2 Å². The van der Waals surface area contributed by atoms with Crippen LogP contribution in [0.1, 0.15) is 16.8 Å². The normalized spacial score (nSPS) is 15.4. The molecule has 2 nitrogen and oxygen atoms in total. The van der Waals surface area contributed by atoms with E-state index in [0.29, 0.717) is 16.4 Å². The number of nitrogens with zero attached hydrogens (tertiary/aromatic N) is 1. The Morgan fingerprint density at radius 1 is 1.33 bits per heavy atom. The summed E-state index contributed by atoms with van der Waals surface area (Å²) in [7, 11) is 0. The maximum absolute atomic E-state index is 11.3. The lowest BCUT2D eigenvalue weighted by Crippen LogP contribution is -2.08. The van der Waals surface area contributed by atoms with E-state index in [1.165, 1.54) is 0 Å². The highest BCUT2D eigenvalue weighted by atomic mass is 35.5. The summed E-state index contributed by atoms with van der Waals surface area (Å²) < 4.78 is 0. The number of ketones is 1. The lowest BCUT2D eigenvalue weighted by Gasteiger charge is -2.09. The van der Waals surface area contributed by atoms with E-state index in [2.05, 4.69) is 4.99 Å². The number of carbonyl (C=O) groups excluding carboxylic acids is 1. The van der Waals surface area contributed by atoms with Crippen LogP contribution in [0.5, 0.6) is 0 Å². The van der Waals surface area contributed by atoms with Crippen LogP contribution in [0, 0.1) is 0 Å². The van der Waals surface area contributed by atoms with Crippen molar-refractivity contribution >= 4 is 28.2 Å².